The number of H-pyrrole nitrogens is 1. The number of nitrogens with zero attached hydrogens (tertiary/aromatic N) is 1. The Kier molecular flexibility index (Phi) is 2.56. The average molecular weight is 287 g/mol. The Morgan fingerprint density at radius 2 is 2.30 bits per heavy atom. The van der Waals surface area contributed by atoms with Crippen LogP contribution in [0.2, 0.25) is 0 Å². The fourth-order valence-corrected chi connectivity index (χ4v) is 3.73. The number of carbonyl (C=O) groups excluding carboxylic acids is 1. The fraction of sp³-hybridized carbons (Fsp3) is 0.312. The second-order valence-electron chi connectivity index (χ2n) is 5.73. The first-order chi connectivity index (χ1) is 9.65. The van der Waals surface area contributed by atoms with Crippen molar-refractivity contribution >= 4 is 33.3 Å². The van der Waals surface area contributed by atoms with Crippen LogP contribution in [0.3, 0.4) is 0 Å². The molecule has 0 saturated heterocycles. The number of hydrogen-bond acceptors (Lipinski definition) is 2. The standard InChI is InChI=1S/C16H15ClN2O/c1-19-8-10(16(17)20)5-12-11-3-2-4-13-15(11)9(7-18-13)6-14(12)19/h2-5,7,10,14,18H,6,8H2,1H3/t10-,14-/m1/s1. The van der Waals surface area contributed by atoms with Gasteiger partial charge in [0.25, 0.3) is 0 Å². The second-order valence-corrected chi connectivity index (χ2v) is 6.11. The van der Waals surface area contributed by atoms with E-state index >= 15 is 0 Å². The van der Waals surface area contributed by atoms with Crippen molar-refractivity contribution in [2.24, 2.45) is 5.92 Å². The Balaban J connectivity index is 1.96. The predicted octanol–water partition coefficient (Wildman–Crippen LogP) is 2.80. The summed E-state index contributed by atoms with van der Waals surface area (Å²) in [7, 11) is 2.07. The number of nitrogens with one attached hydrogen (secondary N) is 1. The van der Waals surface area contributed by atoms with E-state index in [1.807, 2.05) is 0 Å². The fourth-order valence-electron chi connectivity index (χ4n) is 3.59. The summed E-state index contributed by atoms with van der Waals surface area (Å²) in [6.45, 7) is 0.701. The number of hydrogen-bond donors (Lipinski definition) is 1. The zero-order valence-electron chi connectivity index (χ0n) is 11.2. The van der Waals surface area contributed by atoms with E-state index in [4.69, 9.17) is 11.6 Å². The first-order valence-electron chi connectivity index (χ1n) is 6.86. The maximum Gasteiger partial charge on any atom is 0.229 e. The maximum absolute atomic E-state index is 11.5. The van der Waals surface area contributed by atoms with Crippen molar-refractivity contribution < 1.29 is 4.79 Å². The third-order valence-electron chi connectivity index (χ3n) is 4.56. The van der Waals surface area contributed by atoms with Gasteiger partial charge in [-0.1, -0.05) is 18.2 Å². The first-order valence-corrected chi connectivity index (χ1v) is 7.23. The highest BCUT2D eigenvalue weighted by atomic mass is 35.5. The first kappa shape index (κ1) is 12.2. The molecular weight excluding hydrogens is 272 g/mol. The van der Waals surface area contributed by atoms with Gasteiger partial charge in [0.2, 0.25) is 5.24 Å². The molecule has 0 saturated carbocycles. The summed E-state index contributed by atoms with van der Waals surface area (Å²) < 4.78 is 0. The highest BCUT2D eigenvalue weighted by molar-refractivity contribution is 6.64. The Bertz CT molecular complexity index is 746. The molecule has 102 valence electrons. The molecular formula is C16H15ClN2O. The van der Waals surface area contributed by atoms with Crippen LogP contribution < -0.4 is 0 Å². The van der Waals surface area contributed by atoms with Crippen LogP contribution in [0.15, 0.2) is 30.5 Å². The van der Waals surface area contributed by atoms with E-state index in [0.29, 0.717) is 12.6 Å². The Morgan fingerprint density at radius 1 is 1.45 bits per heavy atom. The summed E-state index contributed by atoms with van der Waals surface area (Å²) in [5.41, 5.74) is 5.01. The van der Waals surface area contributed by atoms with Crippen molar-refractivity contribution in [1.29, 1.82) is 0 Å². The van der Waals surface area contributed by atoms with Crippen LogP contribution in [0, 0.1) is 5.92 Å². The van der Waals surface area contributed by atoms with E-state index in [9.17, 15) is 4.79 Å². The van der Waals surface area contributed by atoms with Crippen LogP contribution in [0.1, 0.15) is 11.1 Å². The zero-order valence-corrected chi connectivity index (χ0v) is 11.9. The number of aromatic amines is 1. The number of aromatic nitrogens is 1. The van der Waals surface area contributed by atoms with E-state index in [2.05, 4.69) is 47.4 Å². The van der Waals surface area contributed by atoms with Gasteiger partial charge in [-0.05, 0) is 47.8 Å². The molecule has 1 aliphatic carbocycles. The molecule has 0 radical (unpaired) electrons. The number of rotatable bonds is 1. The van der Waals surface area contributed by atoms with E-state index in [0.717, 1.165) is 6.42 Å². The molecule has 0 amide bonds. The third-order valence-corrected chi connectivity index (χ3v) is 4.84. The molecule has 2 heterocycles. The summed E-state index contributed by atoms with van der Waals surface area (Å²) in [6, 6.07) is 6.65. The molecule has 1 aliphatic heterocycles. The van der Waals surface area contributed by atoms with Crippen molar-refractivity contribution in [2.75, 3.05) is 13.6 Å². The van der Waals surface area contributed by atoms with Gasteiger partial charge in [0.15, 0.2) is 0 Å². The van der Waals surface area contributed by atoms with Gasteiger partial charge in [-0.15, -0.1) is 0 Å². The van der Waals surface area contributed by atoms with Crippen LogP contribution in [0.25, 0.3) is 16.5 Å². The number of halogens is 1. The second kappa shape index (κ2) is 4.21. The summed E-state index contributed by atoms with van der Waals surface area (Å²) in [4.78, 5) is 17.1. The number of fused-ring (bicyclic) bond motifs is 2. The highest BCUT2D eigenvalue weighted by Gasteiger charge is 2.35. The molecule has 20 heavy (non-hydrogen) atoms. The van der Waals surface area contributed by atoms with Crippen LogP contribution >= 0.6 is 11.6 Å². The monoisotopic (exact) mass is 286 g/mol. The van der Waals surface area contributed by atoms with E-state index in [1.54, 1.807) is 0 Å². The van der Waals surface area contributed by atoms with Gasteiger partial charge in [-0.2, -0.15) is 0 Å². The van der Waals surface area contributed by atoms with Crippen LogP contribution in [0.5, 0.6) is 0 Å². The molecule has 2 atom stereocenters. The molecule has 2 aliphatic rings. The van der Waals surface area contributed by atoms with Gasteiger partial charge in [0, 0.05) is 29.7 Å². The molecule has 1 N–H and O–H groups in total. The quantitative estimate of drug-likeness (QED) is 0.819. The van der Waals surface area contributed by atoms with Gasteiger partial charge in [0.1, 0.15) is 0 Å². The summed E-state index contributed by atoms with van der Waals surface area (Å²) in [5, 5.41) is 1.03. The van der Waals surface area contributed by atoms with Crippen molar-refractivity contribution in [3.8, 4) is 0 Å². The van der Waals surface area contributed by atoms with Gasteiger partial charge in [0.05, 0.1) is 5.92 Å². The number of benzene rings is 1. The Hall–Kier alpha value is -1.58. The molecule has 0 bridgehead atoms. The van der Waals surface area contributed by atoms with E-state index < -0.39 is 0 Å². The van der Waals surface area contributed by atoms with Crippen molar-refractivity contribution in [1.82, 2.24) is 9.88 Å². The molecule has 1 aromatic carbocycles. The van der Waals surface area contributed by atoms with Crippen LogP contribution in [0.4, 0.5) is 0 Å². The Labute approximate surface area is 122 Å². The highest BCUT2D eigenvalue weighted by Crippen LogP contribution is 2.40. The Morgan fingerprint density at radius 3 is 3.10 bits per heavy atom. The van der Waals surface area contributed by atoms with Gasteiger partial charge in [-0.3, -0.25) is 9.69 Å². The average Bonchev–Trinajstić information content (AvgIpc) is 2.84. The number of carbonyl (C=O) groups is 1. The summed E-state index contributed by atoms with van der Waals surface area (Å²) in [6.07, 6.45) is 5.17. The summed E-state index contributed by atoms with van der Waals surface area (Å²) >= 11 is 5.72. The smallest absolute Gasteiger partial charge is 0.229 e. The van der Waals surface area contributed by atoms with Gasteiger partial charge >= 0.3 is 0 Å². The van der Waals surface area contributed by atoms with Crippen LogP contribution in [-0.2, 0) is 11.2 Å². The molecule has 4 rings (SSSR count). The van der Waals surface area contributed by atoms with Crippen molar-refractivity contribution in [3.05, 3.63) is 41.6 Å². The van der Waals surface area contributed by atoms with Gasteiger partial charge in [-0.25, -0.2) is 0 Å². The normalized spacial score (nSPS) is 25.4. The lowest BCUT2D eigenvalue weighted by Gasteiger charge is -2.39. The largest absolute Gasteiger partial charge is 0.361 e. The minimum Gasteiger partial charge on any atom is -0.361 e. The minimum atomic E-state index is -0.269. The lowest BCUT2D eigenvalue weighted by Crippen LogP contribution is -2.43. The van der Waals surface area contributed by atoms with Crippen molar-refractivity contribution in [3.63, 3.8) is 0 Å². The molecule has 2 aromatic rings. The molecule has 1 aromatic heterocycles. The lowest BCUT2D eigenvalue weighted by molar-refractivity contribution is -0.114. The number of likely N-dealkylation sites (N-methyl/N-ethyl adjacent to an activating group) is 1. The molecule has 0 fully saturated rings. The van der Waals surface area contributed by atoms with Gasteiger partial charge < -0.3 is 4.98 Å². The topological polar surface area (TPSA) is 36.1 Å². The minimum absolute atomic E-state index is 0.205. The van der Waals surface area contributed by atoms with Crippen molar-refractivity contribution in [2.45, 2.75) is 12.5 Å². The predicted molar refractivity (Wildman–Crippen MR) is 80.7 cm³/mol. The molecule has 4 heteroatoms. The van der Waals surface area contributed by atoms with E-state index in [1.165, 1.54) is 27.6 Å². The van der Waals surface area contributed by atoms with E-state index in [-0.39, 0.29) is 11.2 Å². The zero-order chi connectivity index (χ0) is 13.9. The lowest BCUT2D eigenvalue weighted by atomic mass is 9.80. The maximum atomic E-state index is 11.5. The third kappa shape index (κ3) is 1.60. The molecule has 0 spiro atoms. The molecule has 3 nitrogen and oxygen atoms in total. The van der Waals surface area contributed by atoms with Crippen LogP contribution in [-0.4, -0.2) is 34.8 Å². The summed E-state index contributed by atoms with van der Waals surface area (Å²) in [5.74, 6) is -0.205. The SMILES string of the molecule is CN1C[C@H](C(=O)Cl)C=C2c3cccc4[nH]cc(c34)C[C@H]21. The molecule has 0 unspecified atom stereocenters.